The zero-order valence-electron chi connectivity index (χ0n) is 8.03. The van der Waals surface area contributed by atoms with Gasteiger partial charge in [0.25, 0.3) is 0 Å². The fourth-order valence-corrected chi connectivity index (χ4v) is 0.856. The van der Waals surface area contributed by atoms with Gasteiger partial charge >= 0.3 is 6.03 Å². The molecule has 0 radical (unpaired) electrons. The molecule has 14 heavy (non-hydrogen) atoms. The van der Waals surface area contributed by atoms with Crippen molar-refractivity contribution in [2.45, 2.75) is 13.3 Å². The third-order valence-electron chi connectivity index (χ3n) is 1.49. The minimum atomic E-state index is -0.261. The van der Waals surface area contributed by atoms with E-state index in [1.54, 1.807) is 30.7 Å². The second-order valence-corrected chi connectivity index (χ2v) is 2.65. The van der Waals surface area contributed by atoms with E-state index in [1.165, 1.54) is 0 Å². The van der Waals surface area contributed by atoms with E-state index >= 15 is 0 Å². The van der Waals surface area contributed by atoms with Gasteiger partial charge < -0.3 is 10.6 Å². The lowest BCUT2D eigenvalue weighted by Crippen LogP contribution is -2.23. The summed E-state index contributed by atoms with van der Waals surface area (Å²) < 4.78 is 0. The number of nitrogens with zero attached hydrogens (tertiary/aromatic N) is 1. The fourth-order valence-electron chi connectivity index (χ4n) is 0.856. The molecule has 4 nitrogen and oxygen atoms in total. The number of allylic oxidation sites excluding steroid dienone is 1. The number of carbonyl (C=O) groups is 1. The van der Waals surface area contributed by atoms with Crippen LogP contribution in [0.15, 0.2) is 36.8 Å². The highest BCUT2D eigenvalue weighted by molar-refractivity contribution is 5.89. The minimum absolute atomic E-state index is 0.261. The van der Waals surface area contributed by atoms with E-state index in [1.807, 2.05) is 13.0 Å². The zero-order valence-corrected chi connectivity index (χ0v) is 8.03. The van der Waals surface area contributed by atoms with E-state index in [4.69, 9.17) is 0 Å². The molecule has 4 heteroatoms. The summed E-state index contributed by atoms with van der Waals surface area (Å²) in [5.41, 5.74) is 0.676. The maximum Gasteiger partial charge on any atom is 0.323 e. The molecule has 1 aromatic heterocycles. The molecule has 0 unspecified atom stereocenters. The Morgan fingerprint density at radius 2 is 2.50 bits per heavy atom. The van der Waals surface area contributed by atoms with Crippen LogP contribution in [-0.2, 0) is 0 Å². The SMILES string of the molecule is CC/C=C/NC(=O)Nc1cccnc1. The summed E-state index contributed by atoms with van der Waals surface area (Å²) >= 11 is 0. The van der Waals surface area contributed by atoms with Crippen LogP contribution in [0.5, 0.6) is 0 Å². The van der Waals surface area contributed by atoms with Crippen molar-refractivity contribution in [2.24, 2.45) is 0 Å². The van der Waals surface area contributed by atoms with Crippen LogP contribution in [0.2, 0.25) is 0 Å². The Hall–Kier alpha value is -1.84. The Morgan fingerprint density at radius 3 is 3.14 bits per heavy atom. The molecule has 0 aliphatic heterocycles. The summed E-state index contributed by atoms with van der Waals surface area (Å²) in [6, 6.07) is 3.27. The molecule has 1 aromatic rings. The molecule has 0 aliphatic carbocycles. The maximum absolute atomic E-state index is 11.2. The van der Waals surface area contributed by atoms with Crippen LogP contribution in [0.25, 0.3) is 0 Å². The van der Waals surface area contributed by atoms with Gasteiger partial charge in [-0.25, -0.2) is 4.79 Å². The molecule has 1 rings (SSSR count). The molecule has 0 fully saturated rings. The highest BCUT2D eigenvalue weighted by atomic mass is 16.2. The van der Waals surface area contributed by atoms with Crippen LogP contribution in [0.1, 0.15) is 13.3 Å². The number of rotatable bonds is 3. The Kier molecular flexibility index (Phi) is 4.20. The van der Waals surface area contributed by atoms with Crippen LogP contribution in [0, 0.1) is 0 Å². The summed E-state index contributed by atoms with van der Waals surface area (Å²) in [4.78, 5) is 15.1. The van der Waals surface area contributed by atoms with Crippen molar-refractivity contribution in [3.8, 4) is 0 Å². The van der Waals surface area contributed by atoms with Gasteiger partial charge in [0, 0.05) is 12.4 Å². The van der Waals surface area contributed by atoms with Gasteiger partial charge in [-0.15, -0.1) is 0 Å². The third-order valence-corrected chi connectivity index (χ3v) is 1.49. The second-order valence-electron chi connectivity index (χ2n) is 2.65. The molecule has 0 aromatic carbocycles. The summed E-state index contributed by atoms with van der Waals surface area (Å²) in [5, 5.41) is 5.21. The average molecular weight is 191 g/mol. The molecule has 2 amide bonds. The van der Waals surface area contributed by atoms with Crippen molar-refractivity contribution >= 4 is 11.7 Å². The van der Waals surface area contributed by atoms with E-state index in [0.29, 0.717) is 5.69 Å². The van der Waals surface area contributed by atoms with Crippen LogP contribution in [0.3, 0.4) is 0 Å². The summed E-state index contributed by atoms with van der Waals surface area (Å²) in [5.74, 6) is 0. The lowest BCUT2D eigenvalue weighted by atomic mass is 10.4. The molecule has 0 bridgehead atoms. The number of anilines is 1. The number of hydrogen-bond acceptors (Lipinski definition) is 2. The molecule has 74 valence electrons. The second kappa shape index (κ2) is 5.75. The predicted octanol–water partition coefficient (Wildman–Crippen LogP) is 2.13. The lowest BCUT2D eigenvalue weighted by Gasteiger charge is -2.02. The smallest absolute Gasteiger partial charge is 0.315 e. The van der Waals surface area contributed by atoms with Gasteiger partial charge in [-0.2, -0.15) is 0 Å². The van der Waals surface area contributed by atoms with Gasteiger partial charge in [-0.05, 0) is 18.6 Å². The molecular weight excluding hydrogens is 178 g/mol. The number of amides is 2. The predicted molar refractivity (Wildman–Crippen MR) is 55.8 cm³/mol. The number of aromatic nitrogens is 1. The van der Waals surface area contributed by atoms with Gasteiger partial charge in [0.15, 0.2) is 0 Å². The zero-order chi connectivity index (χ0) is 10.2. The largest absolute Gasteiger partial charge is 0.323 e. The first-order chi connectivity index (χ1) is 6.83. The summed E-state index contributed by atoms with van der Waals surface area (Å²) in [6.45, 7) is 2.00. The fraction of sp³-hybridized carbons (Fsp3) is 0.200. The minimum Gasteiger partial charge on any atom is -0.315 e. The molecule has 0 atom stereocenters. The van der Waals surface area contributed by atoms with E-state index < -0.39 is 0 Å². The molecular formula is C10H13N3O. The van der Waals surface area contributed by atoms with E-state index in [2.05, 4.69) is 15.6 Å². The highest BCUT2D eigenvalue weighted by Gasteiger charge is 1.96. The summed E-state index contributed by atoms with van der Waals surface area (Å²) in [6.07, 6.45) is 7.62. The lowest BCUT2D eigenvalue weighted by molar-refractivity contribution is 0.255. The Morgan fingerprint density at radius 1 is 1.64 bits per heavy atom. The molecule has 0 saturated carbocycles. The summed E-state index contributed by atoms with van der Waals surface area (Å²) in [7, 11) is 0. The Bertz CT molecular complexity index is 308. The molecule has 0 spiro atoms. The number of pyridine rings is 1. The number of carbonyl (C=O) groups excluding carboxylic acids is 1. The van der Waals surface area contributed by atoms with Crippen LogP contribution >= 0.6 is 0 Å². The normalized spacial score (nSPS) is 10.1. The van der Waals surface area contributed by atoms with Gasteiger partial charge in [-0.1, -0.05) is 13.0 Å². The molecule has 2 N–H and O–H groups in total. The van der Waals surface area contributed by atoms with E-state index in [0.717, 1.165) is 6.42 Å². The van der Waals surface area contributed by atoms with Crippen molar-refractivity contribution in [1.82, 2.24) is 10.3 Å². The first kappa shape index (κ1) is 10.2. The number of hydrogen-bond donors (Lipinski definition) is 2. The Labute approximate surface area is 83.0 Å². The van der Waals surface area contributed by atoms with Gasteiger partial charge in [0.2, 0.25) is 0 Å². The maximum atomic E-state index is 11.2. The van der Waals surface area contributed by atoms with Crippen molar-refractivity contribution in [1.29, 1.82) is 0 Å². The topological polar surface area (TPSA) is 54.0 Å². The first-order valence-electron chi connectivity index (χ1n) is 4.45. The third kappa shape index (κ3) is 3.71. The van der Waals surface area contributed by atoms with Gasteiger partial charge in [0.05, 0.1) is 11.9 Å². The van der Waals surface area contributed by atoms with Crippen molar-refractivity contribution < 1.29 is 4.79 Å². The Balaban J connectivity index is 2.38. The standard InChI is InChI=1S/C10H13N3O/c1-2-3-7-12-10(14)13-9-5-4-6-11-8-9/h3-8H,2H2,1H3,(H2,12,13,14)/b7-3+. The quantitative estimate of drug-likeness (QED) is 0.768. The molecule has 0 aliphatic rings. The average Bonchev–Trinajstić information content (AvgIpc) is 2.20. The molecule has 0 saturated heterocycles. The van der Waals surface area contributed by atoms with Crippen LogP contribution < -0.4 is 10.6 Å². The number of nitrogens with one attached hydrogen (secondary N) is 2. The van der Waals surface area contributed by atoms with Gasteiger partial charge in [-0.3, -0.25) is 4.98 Å². The van der Waals surface area contributed by atoms with E-state index in [9.17, 15) is 4.79 Å². The molecule has 1 heterocycles. The monoisotopic (exact) mass is 191 g/mol. The number of urea groups is 1. The van der Waals surface area contributed by atoms with Crippen molar-refractivity contribution in [3.63, 3.8) is 0 Å². The van der Waals surface area contributed by atoms with Crippen LogP contribution in [0.4, 0.5) is 10.5 Å². The highest BCUT2D eigenvalue weighted by Crippen LogP contribution is 2.01. The van der Waals surface area contributed by atoms with Crippen molar-refractivity contribution in [2.75, 3.05) is 5.32 Å². The first-order valence-corrected chi connectivity index (χ1v) is 4.45. The van der Waals surface area contributed by atoms with Crippen LogP contribution in [-0.4, -0.2) is 11.0 Å². The van der Waals surface area contributed by atoms with Gasteiger partial charge in [0.1, 0.15) is 0 Å². The van der Waals surface area contributed by atoms with E-state index in [-0.39, 0.29) is 6.03 Å². The van der Waals surface area contributed by atoms with Crippen molar-refractivity contribution in [3.05, 3.63) is 36.8 Å².